The predicted octanol–water partition coefficient (Wildman–Crippen LogP) is 9.85. The number of fused-ring (bicyclic) bond motifs is 5. The molecule has 0 radical (unpaired) electrons. The van der Waals surface area contributed by atoms with E-state index in [-0.39, 0.29) is 0 Å². The number of benzene rings is 6. The van der Waals surface area contributed by atoms with Crippen molar-refractivity contribution < 1.29 is 0 Å². The Bertz CT molecular complexity index is 1670. The fourth-order valence-electron chi connectivity index (χ4n) is 6.26. The highest BCUT2D eigenvalue weighted by Gasteiger charge is 2.28. The highest BCUT2D eigenvalue weighted by molar-refractivity contribution is 6.21. The fraction of sp³-hybridized carbons (Fsp3) is 0.0857. The predicted molar refractivity (Wildman–Crippen MR) is 150 cm³/mol. The van der Waals surface area contributed by atoms with Gasteiger partial charge < -0.3 is 0 Å². The summed E-state index contributed by atoms with van der Waals surface area (Å²) in [6.07, 6.45) is 1.11. The van der Waals surface area contributed by atoms with Crippen molar-refractivity contribution in [1.29, 1.82) is 0 Å². The van der Waals surface area contributed by atoms with Crippen LogP contribution in [0.5, 0.6) is 0 Å². The maximum Gasteiger partial charge on any atom is 0.00992 e. The molecule has 0 nitrogen and oxygen atoms in total. The fourth-order valence-corrected chi connectivity index (χ4v) is 6.26. The van der Waals surface area contributed by atoms with E-state index in [2.05, 4.69) is 128 Å². The first-order chi connectivity index (χ1) is 17.3. The van der Waals surface area contributed by atoms with Gasteiger partial charge in [-0.2, -0.15) is 0 Å². The van der Waals surface area contributed by atoms with Gasteiger partial charge in [0, 0.05) is 5.92 Å². The molecule has 1 atom stereocenters. The van der Waals surface area contributed by atoms with Crippen LogP contribution in [0.25, 0.3) is 54.9 Å². The molecule has 0 saturated carbocycles. The van der Waals surface area contributed by atoms with Gasteiger partial charge in [0.25, 0.3) is 0 Å². The minimum absolute atomic E-state index is 0.460. The van der Waals surface area contributed by atoms with Crippen molar-refractivity contribution in [3.05, 3.63) is 132 Å². The van der Waals surface area contributed by atoms with E-state index >= 15 is 0 Å². The molecule has 0 heteroatoms. The Morgan fingerprint density at radius 3 is 1.60 bits per heavy atom. The van der Waals surface area contributed by atoms with Gasteiger partial charge in [0.2, 0.25) is 0 Å². The van der Waals surface area contributed by atoms with Crippen LogP contribution in [0.3, 0.4) is 0 Å². The van der Waals surface area contributed by atoms with E-state index in [1.807, 2.05) is 0 Å². The third kappa shape index (κ3) is 3.00. The minimum atomic E-state index is 0.460. The van der Waals surface area contributed by atoms with Crippen LogP contribution in [0.2, 0.25) is 0 Å². The molecule has 1 aliphatic rings. The molecule has 0 spiro atoms. The molecule has 1 unspecified atom stereocenters. The SMILES string of the molecule is CCC1c2ccccc2-c2ccc(-c3c4ccccc4c(-c4ccccc4)c4ccccc34)cc21. The zero-order valence-corrected chi connectivity index (χ0v) is 19.8. The van der Waals surface area contributed by atoms with Gasteiger partial charge in [0.05, 0.1) is 0 Å². The number of hydrogen-bond acceptors (Lipinski definition) is 0. The summed E-state index contributed by atoms with van der Waals surface area (Å²) in [7, 11) is 0. The summed E-state index contributed by atoms with van der Waals surface area (Å²) < 4.78 is 0. The zero-order valence-electron chi connectivity index (χ0n) is 19.8. The van der Waals surface area contributed by atoms with Gasteiger partial charge in [0.1, 0.15) is 0 Å². The molecule has 35 heavy (non-hydrogen) atoms. The summed E-state index contributed by atoms with van der Waals surface area (Å²) in [4.78, 5) is 0. The summed E-state index contributed by atoms with van der Waals surface area (Å²) >= 11 is 0. The second-order valence-corrected chi connectivity index (χ2v) is 9.56. The van der Waals surface area contributed by atoms with Crippen LogP contribution in [0.4, 0.5) is 0 Å². The average molecular weight is 447 g/mol. The van der Waals surface area contributed by atoms with Gasteiger partial charge in [0.15, 0.2) is 0 Å². The molecule has 166 valence electrons. The van der Waals surface area contributed by atoms with E-state index in [1.165, 1.54) is 66.1 Å². The highest BCUT2D eigenvalue weighted by Crippen LogP contribution is 2.49. The van der Waals surface area contributed by atoms with E-state index in [0.29, 0.717) is 5.92 Å². The maximum atomic E-state index is 2.47. The Hall–Kier alpha value is -4.16. The van der Waals surface area contributed by atoms with Crippen molar-refractivity contribution in [1.82, 2.24) is 0 Å². The van der Waals surface area contributed by atoms with Crippen LogP contribution >= 0.6 is 0 Å². The Kier molecular flexibility index (Phi) is 4.60. The minimum Gasteiger partial charge on any atom is -0.0645 e. The second kappa shape index (κ2) is 7.96. The molecule has 6 aromatic carbocycles. The molecule has 0 fully saturated rings. The van der Waals surface area contributed by atoms with E-state index in [1.54, 1.807) is 0 Å². The topological polar surface area (TPSA) is 0 Å². The molecule has 0 aromatic heterocycles. The normalized spacial score (nSPS) is 14.3. The monoisotopic (exact) mass is 446 g/mol. The molecule has 6 aromatic rings. The smallest absolute Gasteiger partial charge is 0.00992 e. The van der Waals surface area contributed by atoms with Crippen molar-refractivity contribution in [3.8, 4) is 33.4 Å². The van der Waals surface area contributed by atoms with Crippen molar-refractivity contribution in [2.24, 2.45) is 0 Å². The van der Waals surface area contributed by atoms with E-state index < -0.39 is 0 Å². The molecular formula is C35H26. The summed E-state index contributed by atoms with van der Waals surface area (Å²) in [6.45, 7) is 2.31. The lowest BCUT2D eigenvalue weighted by molar-refractivity contribution is 0.797. The van der Waals surface area contributed by atoms with Crippen LogP contribution in [0.15, 0.2) is 121 Å². The summed E-state index contributed by atoms with van der Waals surface area (Å²) in [5.41, 5.74) is 11.0. The summed E-state index contributed by atoms with van der Waals surface area (Å²) in [5, 5.41) is 5.24. The lowest BCUT2D eigenvalue weighted by Gasteiger charge is -2.19. The lowest BCUT2D eigenvalue weighted by Crippen LogP contribution is -1.95. The average Bonchev–Trinajstić information content (AvgIpc) is 3.25. The van der Waals surface area contributed by atoms with Crippen LogP contribution in [0, 0.1) is 0 Å². The quantitative estimate of drug-likeness (QED) is 0.237. The molecule has 0 amide bonds. The number of hydrogen-bond donors (Lipinski definition) is 0. The largest absolute Gasteiger partial charge is 0.0645 e. The van der Waals surface area contributed by atoms with Crippen molar-refractivity contribution in [3.63, 3.8) is 0 Å². The van der Waals surface area contributed by atoms with Gasteiger partial charge in [-0.3, -0.25) is 0 Å². The van der Waals surface area contributed by atoms with Gasteiger partial charge >= 0.3 is 0 Å². The Morgan fingerprint density at radius 2 is 0.971 bits per heavy atom. The van der Waals surface area contributed by atoms with Crippen LogP contribution in [-0.4, -0.2) is 0 Å². The van der Waals surface area contributed by atoms with E-state index in [9.17, 15) is 0 Å². The molecule has 0 bridgehead atoms. The first-order valence-corrected chi connectivity index (χ1v) is 12.6. The first-order valence-electron chi connectivity index (χ1n) is 12.6. The Labute approximate surface area is 206 Å². The molecule has 7 rings (SSSR count). The molecule has 0 saturated heterocycles. The molecular weight excluding hydrogens is 420 g/mol. The van der Waals surface area contributed by atoms with Crippen LogP contribution in [0.1, 0.15) is 30.4 Å². The summed E-state index contributed by atoms with van der Waals surface area (Å²) in [5.74, 6) is 0.460. The second-order valence-electron chi connectivity index (χ2n) is 9.56. The van der Waals surface area contributed by atoms with Crippen LogP contribution < -0.4 is 0 Å². The molecule has 1 aliphatic carbocycles. The standard InChI is InChI=1S/C35H26/c1-2-25-26-14-6-7-15-27(26)28-21-20-24(22-33(25)28)35-31-18-10-8-16-29(31)34(23-12-4-3-5-13-23)30-17-9-11-19-32(30)35/h3-22,25H,2H2,1H3. The third-order valence-corrected chi connectivity index (χ3v) is 7.74. The van der Waals surface area contributed by atoms with Crippen molar-refractivity contribution in [2.45, 2.75) is 19.3 Å². The maximum absolute atomic E-state index is 2.47. The van der Waals surface area contributed by atoms with Crippen LogP contribution in [-0.2, 0) is 0 Å². The van der Waals surface area contributed by atoms with E-state index in [0.717, 1.165) is 6.42 Å². The van der Waals surface area contributed by atoms with E-state index in [4.69, 9.17) is 0 Å². The zero-order chi connectivity index (χ0) is 23.4. The van der Waals surface area contributed by atoms with Gasteiger partial charge in [-0.25, -0.2) is 0 Å². The van der Waals surface area contributed by atoms with Crippen molar-refractivity contribution in [2.75, 3.05) is 0 Å². The lowest BCUT2D eigenvalue weighted by atomic mass is 9.84. The molecule has 0 aliphatic heterocycles. The number of rotatable bonds is 3. The Morgan fingerprint density at radius 1 is 0.457 bits per heavy atom. The molecule has 0 N–H and O–H groups in total. The van der Waals surface area contributed by atoms with Gasteiger partial charge in [-0.05, 0) is 78.5 Å². The van der Waals surface area contributed by atoms with Gasteiger partial charge in [-0.1, -0.05) is 122 Å². The van der Waals surface area contributed by atoms with Gasteiger partial charge in [-0.15, -0.1) is 0 Å². The Balaban J connectivity index is 1.56. The first kappa shape index (κ1) is 20.2. The van der Waals surface area contributed by atoms with Crippen molar-refractivity contribution >= 4 is 21.5 Å². The molecule has 0 heterocycles. The third-order valence-electron chi connectivity index (χ3n) is 7.74. The highest BCUT2D eigenvalue weighted by atomic mass is 14.3. The summed E-state index contributed by atoms with van der Waals surface area (Å²) in [6, 6.07) is 44.8.